The highest BCUT2D eigenvalue weighted by atomic mass is 79.9. The van der Waals surface area contributed by atoms with E-state index in [-0.39, 0.29) is 5.78 Å². The molecule has 2 heteroatoms. The van der Waals surface area contributed by atoms with E-state index in [2.05, 4.69) is 22.9 Å². The molecule has 0 aliphatic carbocycles. The van der Waals surface area contributed by atoms with E-state index in [0.717, 1.165) is 6.42 Å². The van der Waals surface area contributed by atoms with E-state index in [9.17, 15) is 4.79 Å². The van der Waals surface area contributed by atoms with Crippen LogP contribution in [0.2, 0.25) is 0 Å². The smallest absolute Gasteiger partial charge is 0.156 e. The molecule has 0 aromatic rings. The van der Waals surface area contributed by atoms with Gasteiger partial charge in [0.2, 0.25) is 0 Å². The van der Waals surface area contributed by atoms with Crippen LogP contribution in [-0.2, 0) is 4.79 Å². The highest BCUT2D eigenvalue weighted by molar-refractivity contribution is 9.11. The van der Waals surface area contributed by atoms with Crippen molar-refractivity contribution in [2.45, 2.75) is 45.4 Å². The Balaban J connectivity index is 3.14. The molecule has 0 aliphatic rings. The molecule has 0 aliphatic heterocycles. The zero-order chi connectivity index (χ0) is 9.23. The van der Waals surface area contributed by atoms with Crippen LogP contribution in [0.25, 0.3) is 0 Å². The summed E-state index contributed by atoms with van der Waals surface area (Å²) in [5, 5.41) is 0. The molecule has 0 rings (SSSR count). The topological polar surface area (TPSA) is 17.1 Å². The molecule has 0 heterocycles. The second-order valence-corrected chi connectivity index (χ2v) is 3.45. The molecule has 12 heavy (non-hydrogen) atoms. The lowest BCUT2D eigenvalue weighted by atomic mass is 10.1. The van der Waals surface area contributed by atoms with Crippen LogP contribution in [0.15, 0.2) is 11.1 Å². The first-order valence-electron chi connectivity index (χ1n) is 4.61. The minimum atomic E-state index is 0.225. The average Bonchev–Trinajstić information content (AvgIpc) is 2.05. The summed E-state index contributed by atoms with van der Waals surface area (Å²) in [4.78, 5) is 12.6. The van der Waals surface area contributed by atoms with Gasteiger partial charge in [0.05, 0.1) is 0 Å². The third kappa shape index (κ3) is 7.99. The van der Waals surface area contributed by atoms with E-state index < -0.39 is 0 Å². The van der Waals surface area contributed by atoms with Gasteiger partial charge in [0, 0.05) is 6.42 Å². The number of carbonyl (C=O) groups excluding carboxylic acids is 1. The van der Waals surface area contributed by atoms with Crippen LogP contribution in [0, 0.1) is 0 Å². The molecule has 0 aromatic heterocycles. The Kier molecular flexibility index (Phi) is 8.90. The number of halogens is 1. The number of hydrogen-bond acceptors (Lipinski definition) is 1. The van der Waals surface area contributed by atoms with Gasteiger partial charge in [-0.25, -0.2) is 0 Å². The number of hydrogen-bond donors (Lipinski definition) is 0. The quantitative estimate of drug-likeness (QED) is 0.482. The lowest BCUT2D eigenvalue weighted by molar-refractivity contribution is -0.114. The van der Waals surface area contributed by atoms with Crippen molar-refractivity contribution in [3.63, 3.8) is 0 Å². The van der Waals surface area contributed by atoms with Crippen molar-refractivity contribution < 1.29 is 4.79 Å². The van der Waals surface area contributed by atoms with Crippen LogP contribution in [-0.4, -0.2) is 5.78 Å². The van der Waals surface area contributed by atoms with E-state index in [4.69, 9.17) is 0 Å². The van der Waals surface area contributed by atoms with Crippen molar-refractivity contribution in [3.8, 4) is 0 Å². The molecule has 70 valence electrons. The van der Waals surface area contributed by atoms with Crippen LogP contribution in [0.4, 0.5) is 0 Å². The highest BCUT2D eigenvalue weighted by Crippen LogP contribution is 2.05. The van der Waals surface area contributed by atoms with Gasteiger partial charge in [-0.05, 0) is 17.5 Å². The second-order valence-electron chi connectivity index (χ2n) is 2.92. The molecular weight excluding hydrogens is 216 g/mol. The molecule has 0 atom stereocenters. The number of carbonyl (C=O) groups is 1. The van der Waals surface area contributed by atoms with E-state index in [1.165, 1.54) is 25.7 Å². The number of rotatable bonds is 7. The first kappa shape index (κ1) is 11.9. The van der Waals surface area contributed by atoms with Crippen LogP contribution < -0.4 is 0 Å². The molecule has 0 unspecified atom stereocenters. The standard InChI is InChI=1S/C10H17BrO/c1-2-3-4-5-6-7-10(12)8-9-11/h8-9H,2-7H2,1H3/b9-8-. The fourth-order valence-corrected chi connectivity index (χ4v) is 1.35. The van der Waals surface area contributed by atoms with Crippen molar-refractivity contribution in [3.05, 3.63) is 11.1 Å². The number of ketones is 1. The second kappa shape index (κ2) is 8.98. The van der Waals surface area contributed by atoms with Gasteiger partial charge in [-0.2, -0.15) is 0 Å². The summed E-state index contributed by atoms with van der Waals surface area (Å²) in [6.45, 7) is 2.19. The van der Waals surface area contributed by atoms with Crippen molar-refractivity contribution in [1.82, 2.24) is 0 Å². The lowest BCUT2D eigenvalue weighted by Crippen LogP contribution is -1.91. The predicted octanol–water partition coefficient (Wildman–Crippen LogP) is 3.82. The van der Waals surface area contributed by atoms with Gasteiger partial charge in [0.1, 0.15) is 0 Å². The van der Waals surface area contributed by atoms with E-state index in [1.807, 2.05) is 0 Å². The fraction of sp³-hybridized carbons (Fsp3) is 0.700. The zero-order valence-electron chi connectivity index (χ0n) is 7.68. The summed E-state index contributed by atoms with van der Waals surface area (Å²) in [7, 11) is 0. The normalized spacial score (nSPS) is 10.8. The minimum Gasteiger partial charge on any atom is -0.295 e. The summed E-state index contributed by atoms with van der Waals surface area (Å²) >= 11 is 3.08. The summed E-state index contributed by atoms with van der Waals surface area (Å²) in [6, 6.07) is 0. The van der Waals surface area contributed by atoms with Crippen LogP contribution in [0.3, 0.4) is 0 Å². The first-order chi connectivity index (χ1) is 5.81. The Morgan fingerprint density at radius 1 is 1.25 bits per heavy atom. The summed E-state index contributed by atoms with van der Waals surface area (Å²) in [5.74, 6) is 0.225. The van der Waals surface area contributed by atoms with Gasteiger partial charge in [-0.1, -0.05) is 48.5 Å². The first-order valence-corrected chi connectivity index (χ1v) is 5.52. The average molecular weight is 233 g/mol. The lowest BCUT2D eigenvalue weighted by Gasteiger charge is -1.96. The monoisotopic (exact) mass is 232 g/mol. The van der Waals surface area contributed by atoms with Gasteiger partial charge in [-0.15, -0.1) is 0 Å². The fourth-order valence-electron chi connectivity index (χ4n) is 1.06. The summed E-state index contributed by atoms with van der Waals surface area (Å²) < 4.78 is 0. The maximum atomic E-state index is 11.0. The van der Waals surface area contributed by atoms with Gasteiger partial charge in [0.15, 0.2) is 5.78 Å². The van der Waals surface area contributed by atoms with Gasteiger partial charge in [-0.3, -0.25) is 4.79 Å². The van der Waals surface area contributed by atoms with Crippen LogP contribution in [0.1, 0.15) is 45.4 Å². The Morgan fingerprint density at radius 2 is 1.92 bits per heavy atom. The van der Waals surface area contributed by atoms with Gasteiger partial charge in [0.25, 0.3) is 0 Å². The molecule has 0 spiro atoms. The van der Waals surface area contributed by atoms with Crippen LogP contribution >= 0.6 is 15.9 Å². The Labute approximate surface area is 83.4 Å². The number of allylic oxidation sites excluding steroid dienone is 1. The predicted molar refractivity (Wildman–Crippen MR) is 56.5 cm³/mol. The van der Waals surface area contributed by atoms with Gasteiger partial charge >= 0.3 is 0 Å². The molecule has 0 N–H and O–H groups in total. The Bertz CT molecular complexity index is 141. The SMILES string of the molecule is CCCCCCCC(=O)/C=C\Br. The van der Waals surface area contributed by atoms with Crippen LogP contribution in [0.5, 0.6) is 0 Å². The van der Waals surface area contributed by atoms with E-state index >= 15 is 0 Å². The van der Waals surface area contributed by atoms with E-state index in [0.29, 0.717) is 6.42 Å². The maximum Gasteiger partial charge on any atom is 0.156 e. The van der Waals surface area contributed by atoms with Gasteiger partial charge < -0.3 is 0 Å². The van der Waals surface area contributed by atoms with E-state index in [1.54, 1.807) is 11.1 Å². The summed E-state index contributed by atoms with van der Waals surface area (Å²) in [5.41, 5.74) is 0. The minimum absolute atomic E-state index is 0.225. The van der Waals surface area contributed by atoms with Crippen molar-refractivity contribution in [2.24, 2.45) is 0 Å². The molecule has 0 aromatic carbocycles. The zero-order valence-corrected chi connectivity index (χ0v) is 9.27. The third-order valence-electron chi connectivity index (χ3n) is 1.78. The third-order valence-corrected chi connectivity index (χ3v) is 2.04. The van der Waals surface area contributed by atoms with Crippen molar-refractivity contribution in [2.75, 3.05) is 0 Å². The Morgan fingerprint density at radius 3 is 2.50 bits per heavy atom. The maximum absolute atomic E-state index is 11.0. The molecule has 0 radical (unpaired) electrons. The van der Waals surface area contributed by atoms with Crippen molar-refractivity contribution >= 4 is 21.7 Å². The highest BCUT2D eigenvalue weighted by Gasteiger charge is 1.95. The van der Waals surface area contributed by atoms with Crippen molar-refractivity contribution in [1.29, 1.82) is 0 Å². The molecule has 0 bridgehead atoms. The molecule has 0 amide bonds. The molecule has 0 saturated heterocycles. The number of unbranched alkanes of at least 4 members (excludes halogenated alkanes) is 4. The Hall–Kier alpha value is -0.110. The molecule has 1 nitrogen and oxygen atoms in total. The summed E-state index contributed by atoms with van der Waals surface area (Å²) in [6.07, 6.45) is 8.33. The molecular formula is C10H17BrO. The molecule has 0 fully saturated rings. The largest absolute Gasteiger partial charge is 0.295 e. The molecule has 0 saturated carbocycles.